The number of para-hydroxylation sites is 1. The zero-order chi connectivity index (χ0) is 14.1. The lowest BCUT2D eigenvalue weighted by molar-refractivity contribution is 0.257. The Labute approximate surface area is 119 Å². The van der Waals surface area contributed by atoms with Crippen LogP contribution in [-0.2, 0) is 0 Å². The molecule has 1 fully saturated rings. The maximum Gasteiger partial charge on any atom is 0.222 e. The van der Waals surface area contributed by atoms with E-state index in [1.54, 1.807) is 0 Å². The summed E-state index contributed by atoms with van der Waals surface area (Å²) in [4.78, 5) is 13.4. The maximum atomic E-state index is 5.87. The molecule has 5 heteroatoms. The Balaban J connectivity index is 2.01. The smallest absolute Gasteiger partial charge is 0.222 e. The van der Waals surface area contributed by atoms with E-state index >= 15 is 0 Å². The van der Waals surface area contributed by atoms with Crippen LogP contribution in [0, 0.1) is 0 Å². The van der Waals surface area contributed by atoms with E-state index < -0.39 is 0 Å². The standard InChI is InChI=1S/C15H21N5/c1-19(2)11-6-5-9-20(10-11)14-12-7-3-4-8-13(12)17-15(16)18-14/h3-4,7-8,11H,5-6,9-10H2,1-2H3,(H2,16,17,18). The van der Waals surface area contributed by atoms with Gasteiger partial charge in [0.25, 0.3) is 0 Å². The summed E-state index contributed by atoms with van der Waals surface area (Å²) in [5.74, 6) is 1.32. The molecule has 1 unspecified atom stereocenters. The Bertz CT molecular complexity index is 610. The van der Waals surface area contributed by atoms with Crippen molar-refractivity contribution in [2.24, 2.45) is 0 Å². The third kappa shape index (κ3) is 2.41. The molecule has 2 heterocycles. The summed E-state index contributed by atoms with van der Waals surface area (Å²) in [5.41, 5.74) is 6.79. The van der Waals surface area contributed by atoms with Gasteiger partial charge in [-0.3, -0.25) is 0 Å². The van der Waals surface area contributed by atoms with Gasteiger partial charge in [0.1, 0.15) is 5.82 Å². The SMILES string of the molecule is CN(C)C1CCCN(c2nc(N)nc3ccccc23)C1. The van der Waals surface area contributed by atoms with Gasteiger partial charge >= 0.3 is 0 Å². The molecule has 0 aliphatic carbocycles. The second-order valence-electron chi connectivity index (χ2n) is 5.63. The fraction of sp³-hybridized carbons (Fsp3) is 0.467. The molecule has 0 spiro atoms. The van der Waals surface area contributed by atoms with Crippen molar-refractivity contribution in [3.63, 3.8) is 0 Å². The molecular weight excluding hydrogens is 250 g/mol. The van der Waals surface area contributed by atoms with Crippen molar-refractivity contribution in [3.05, 3.63) is 24.3 Å². The maximum absolute atomic E-state index is 5.87. The van der Waals surface area contributed by atoms with Gasteiger partial charge in [-0.1, -0.05) is 12.1 Å². The minimum absolute atomic E-state index is 0.352. The van der Waals surface area contributed by atoms with E-state index in [1.807, 2.05) is 18.2 Å². The molecule has 1 saturated heterocycles. The van der Waals surface area contributed by atoms with Crippen molar-refractivity contribution < 1.29 is 0 Å². The van der Waals surface area contributed by atoms with E-state index in [0.29, 0.717) is 12.0 Å². The van der Waals surface area contributed by atoms with Crippen LogP contribution in [0.2, 0.25) is 0 Å². The normalized spacial score (nSPS) is 19.8. The number of hydrogen-bond acceptors (Lipinski definition) is 5. The molecule has 5 nitrogen and oxygen atoms in total. The van der Waals surface area contributed by atoms with E-state index in [2.05, 4.69) is 39.9 Å². The van der Waals surface area contributed by atoms with Gasteiger partial charge in [0.2, 0.25) is 5.95 Å². The second kappa shape index (κ2) is 5.25. The zero-order valence-electron chi connectivity index (χ0n) is 12.1. The highest BCUT2D eigenvalue weighted by atomic mass is 15.3. The average molecular weight is 271 g/mol. The van der Waals surface area contributed by atoms with Crippen molar-refractivity contribution in [2.75, 3.05) is 37.8 Å². The molecule has 1 aliphatic heterocycles. The number of likely N-dealkylation sites (N-methyl/N-ethyl adjacent to an activating group) is 1. The highest BCUT2D eigenvalue weighted by Crippen LogP contribution is 2.27. The third-order valence-corrected chi connectivity index (χ3v) is 4.03. The van der Waals surface area contributed by atoms with Gasteiger partial charge in [0.15, 0.2) is 0 Å². The van der Waals surface area contributed by atoms with Crippen molar-refractivity contribution >= 4 is 22.7 Å². The minimum Gasteiger partial charge on any atom is -0.368 e. The number of anilines is 2. The van der Waals surface area contributed by atoms with Gasteiger partial charge in [-0.25, -0.2) is 4.98 Å². The highest BCUT2D eigenvalue weighted by molar-refractivity contribution is 5.90. The van der Waals surface area contributed by atoms with Crippen molar-refractivity contribution in [2.45, 2.75) is 18.9 Å². The molecule has 1 aromatic carbocycles. The molecule has 2 aromatic rings. The van der Waals surface area contributed by atoms with Crippen LogP contribution in [0.4, 0.5) is 11.8 Å². The van der Waals surface area contributed by atoms with Crippen LogP contribution in [0.1, 0.15) is 12.8 Å². The third-order valence-electron chi connectivity index (χ3n) is 4.03. The predicted molar refractivity (Wildman–Crippen MR) is 82.9 cm³/mol. The summed E-state index contributed by atoms with van der Waals surface area (Å²) < 4.78 is 0. The van der Waals surface area contributed by atoms with Crippen LogP contribution >= 0.6 is 0 Å². The lowest BCUT2D eigenvalue weighted by atomic mass is 10.0. The van der Waals surface area contributed by atoms with Crippen LogP contribution in [-0.4, -0.2) is 48.1 Å². The number of hydrogen-bond donors (Lipinski definition) is 1. The molecule has 0 amide bonds. The van der Waals surface area contributed by atoms with Crippen LogP contribution in [0.3, 0.4) is 0 Å². The summed E-state index contributed by atoms with van der Waals surface area (Å²) in [6, 6.07) is 8.64. The number of benzene rings is 1. The molecular formula is C15H21N5. The Morgan fingerprint density at radius 2 is 2.05 bits per heavy atom. The first-order chi connectivity index (χ1) is 9.65. The Morgan fingerprint density at radius 3 is 2.85 bits per heavy atom. The number of nitrogens with two attached hydrogens (primary N) is 1. The molecule has 0 radical (unpaired) electrons. The van der Waals surface area contributed by atoms with Crippen LogP contribution in [0.15, 0.2) is 24.3 Å². The fourth-order valence-corrected chi connectivity index (χ4v) is 2.89. The topological polar surface area (TPSA) is 58.3 Å². The number of piperidine rings is 1. The van der Waals surface area contributed by atoms with Crippen molar-refractivity contribution in [1.82, 2.24) is 14.9 Å². The largest absolute Gasteiger partial charge is 0.368 e. The molecule has 1 atom stereocenters. The Morgan fingerprint density at radius 1 is 1.25 bits per heavy atom. The minimum atomic E-state index is 0.352. The number of nitrogens with zero attached hydrogens (tertiary/aromatic N) is 4. The Hall–Kier alpha value is -1.88. The molecule has 3 rings (SSSR count). The number of rotatable bonds is 2. The van der Waals surface area contributed by atoms with Gasteiger partial charge in [0, 0.05) is 24.5 Å². The van der Waals surface area contributed by atoms with Gasteiger partial charge in [-0.05, 0) is 39.1 Å². The first-order valence-corrected chi connectivity index (χ1v) is 7.09. The lowest BCUT2D eigenvalue weighted by Crippen LogP contribution is -2.45. The highest BCUT2D eigenvalue weighted by Gasteiger charge is 2.23. The van der Waals surface area contributed by atoms with E-state index in [4.69, 9.17) is 5.73 Å². The van der Waals surface area contributed by atoms with E-state index in [1.165, 1.54) is 12.8 Å². The first-order valence-electron chi connectivity index (χ1n) is 7.09. The fourth-order valence-electron chi connectivity index (χ4n) is 2.89. The van der Waals surface area contributed by atoms with Crippen LogP contribution in [0.25, 0.3) is 10.9 Å². The van der Waals surface area contributed by atoms with E-state index in [0.717, 1.165) is 29.8 Å². The quantitative estimate of drug-likeness (QED) is 0.901. The van der Waals surface area contributed by atoms with Gasteiger partial charge in [0.05, 0.1) is 5.52 Å². The van der Waals surface area contributed by atoms with E-state index in [9.17, 15) is 0 Å². The summed E-state index contributed by atoms with van der Waals surface area (Å²) in [6.07, 6.45) is 2.42. The van der Waals surface area contributed by atoms with Gasteiger partial charge in [-0.2, -0.15) is 4.98 Å². The van der Waals surface area contributed by atoms with Gasteiger partial charge in [-0.15, -0.1) is 0 Å². The number of nitrogen functional groups attached to an aromatic ring is 1. The lowest BCUT2D eigenvalue weighted by Gasteiger charge is -2.37. The Kier molecular flexibility index (Phi) is 3.44. The molecule has 106 valence electrons. The predicted octanol–water partition coefficient (Wildman–Crippen LogP) is 1.74. The van der Waals surface area contributed by atoms with Gasteiger partial charge < -0.3 is 15.5 Å². The molecule has 0 saturated carbocycles. The molecule has 20 heavy (non-hydrogen) atoms. The molecule has 2 N–H and O–H groups in total. The monoisotopic (exact) mass is 271 g/mol. The average Bonchev–Trinajstić information content (AvgIpc) is 2.46. The van der Waals surface area contributed by atoms with Crippen LogP contribution in [0.5, 0.6) is 0 Å². The van der Waals surface area contributed by atoms with Crippen molar-refractivity contribution in [1.29, 1.82) is 0 Å². The number of fused-ring (bicyclic) bond motifs is 1. The summed E-state index contributed by atoms with van der Waals surface area (Å²) >= 11 is 0. The second-order valence-corrected chi connectivity index (χ2v) is 5.63. The number of aromatic nitrogens is 2. The summed E-state index contributed by atoms with van der Waals surface area (Å²) in [7, 11) is 4.28. The summed E-state index contributed by atoms with van der Waals surface area (Å²) in [6.45, 7) is 2.03. The molecule has 1 aliphatic rings. The van der Waals surface area contributed by atoms with Crippen LogP contribution < -0.4 is 10.6 Å². The zero-order valence-corrected chi connectivity index (χ0v) is 12.1. The molecule has 0 bridgehead atoms. The van der Waals surface area contributed by atoms with E-state index in [-0.39, 0.29) is 0 Å². The molecule has 1 aromatic heterocycles. The summed E-state index contributed by atoms with van der Waals surface area (Å²) in [5, 5.41) is 1.08. The van der Waals surface area contributed by atoms with Crippen molar-refractivity contribution in [3.8, 4) is 0 Å². The first kappa shape index (κ1) is 13.1.